The van der Waals surface area contributed by atoms with Gasteiger partial charge in [0.25, 0.3) is 0 Å². The van der Waals surface area contributed by atoms with Crippen molar-refractivity contribution in [1.82, 2.24) is 14.9 Å². The summed E-state index contributed by atoms with van der Waals surface area (Å²) in [6.45, 7) is 4.82. The van der Waals surface area contributed by atoms with E-state index in [4.69, 9.17) is 4.74 Å². The molecule has 0 bridgehead atoms. The minimum atomic E-state index is 0.0769. The summed E-state index contributed by atoms with van der Waals surface area (Å²) in [6, 6.07) is 8.21. The van der Waals surface area contributed by atoms with Crippen molar-refractivity contribution in [2.24, 2.45) is 0 Å². The van der Waals surface area contributed by atoms with Gasteiger partial charge in [0.2, 0.25) is 0 Å². The van der Waals surface area contributed by atoms with Crippen molar-refractivity contribution < 1.29 is 4.74 Å². The second kappa shape index (κ2) is 6.63. The van der Waals surface area contributed by atoms with E-state index in [-0.39, 0.29) is 6.04 Å². The van der Waals surface area contributed by atoms with Gasteiger partial charge < -0.3 is 10.1 Å². The van der Waals surface area contributed by atoms with Crippen LogP contribution in [0, 0.1) is 6.92 Å². The SMILES string of the molecule is CCCOc1ccccc1C(NC)c1snnc1C. The number of hydrogen-bond acceptors (Lipinski definition) is 5. The molecule has 1 aromatic carbocycles. The van der Waals surface area contributed by atoms with Gasteiger partial charge in [-0.1, -0.05) is 29.6 Å². The van der Waals surface area contributed by atoms with Crippen LogP contribution in [0.3, 0.4) is 0 Å². The highest BCUT2D eigenvalue weighted by Crippen LogP contribution is 2.32. The summed E-state index contributed by atoms with van der Waals surface area (Å²) in [7, 11) is 1.94. The number of nitrogens with zero attached hydrogens (tertiary/aromatic N) is 2. The predicted molar refractivity (Wildman–Crippen MR) is 77.8 cm³/mol. The zero-order valence-corrected chi connectivity index (χ0v) is 12.3. The summed E-state index contributed by atoms with van der Waals surface area (Å²) < 4.78 is 9.85. The van der Waals surface area contributed by atoms with E-state index in [1.54, 1.807) is 0 Å². The molecule has 0 radical (unpaired) electrons. The van der Waals surface area contributed by atoms with Crippen LogP contribution in [-0.4, -0.2) is 23.2 Å². The molecule has 0 saturated heterocycles. The molecule has 2 aromatic rings. The summed E-state index contributed by atoms with van der Waals surface area (Å²) in [5.41, 5.74) is 2.10. The molecule has 0 saturated carbocycles. The standard InChI is InChI=1S/C14H19N3OS/c1-4-9-18-12-8-6-5-7-11(12)13(15-3)14-10(2)16-17-19-14/h5-8,13,15H,4,9H2,1-3H3. The van der Waals surface area contributed by atoms with Crippen molar-refractivity contribution in [2.75, 3.05) is 13.7 Å². The largest absolute Gasteiger partial charge is 0.493 e. The van der Waals surface area contributed by atoms with Gasteiger partial charge in [-0.2, -0.15) is 0 Å². The van der Waals surface area contributed by atoms with Crippen molar-refractivity contribution in [1.29, 1.82) is 0 Å². The topological polar surface area (TPSA) is 47.0 Å². The van der Waals surface area contributed by atoms with E-state index in [0.717, 1.165) is 34.9 Å². The van der Waals surface area contributed by atoms with E-state index < -0.39 is 0 Å². The maximum absolute atomic E-state index is 5.83. The molecular weight excluding hydrogens is 258 g/mol. The third-order valence-corrected chi connectivity index (χ3v) is 3.82. The first-order valence-corrected chi connectivity index (χ1v) is 7.23. The molecule has 1 atom stereocenters. The van der Waals surface area contributed by atoms with Crippen LogP contribution in [0.4, 0.5) is 0 Å². The second-order valence-corrected chi connectivity index (χ2v) is 5.12. The number of hydrogen-bond donors (Lipinski definition) is 1. The van der Waals surface area contributed by atoms with Crippen molar-refractivity contribution in [2.45, 2.75) is 26.3 Å². The molecule has 1 unspecified atom stereocenters. The van der Waals surface area contributed by atoms with E-state index in [9.17, 15) is 0 Å². The number of ether oxygens (including phenoxy) is 1. The molecule has 1 heterocycles. The lowest BCUT2D eigenvalue weighted by Gasteiger charge is -2.19. The number of benzene rings is 1. The minimum Gasteiger partial charge on any atom is -0.493 e. The number of para-hydroxylation sites is 1. The molecule has 5 heteroatoms. The fraction of sp³-hybridized carbons (Fsp3) is 0.429. The zero-order valence-electron chi connectivity index (χ0n) is 11.5. The van der Waals surface area contributed by atoms with Crippen molar-refractivity contribution in [3.63, 3.8) is 0 Å². The van der Waals surface area contributed by atoms with Gasteiger partial charge in [-0.3, -0.25) is 0 Å². The van der Waals surface area contributed by atoms with Gasteiger partial charge in [-0.05, 0) is 38.0 Å². The summed E-state index contributed by atoms with van der Waals surface area (Å²) >= 11 is 1.43. The molecular formula is C14H19N3OS. The van der Waals surface area contributed by atoms with Gasteiger partial charge in [0.1, 0.15) is 5.75 Å². The molecule has 0 amide bonds. The maximum atomic E-state index is 5.83. The maximum Gasteiger partial charge on any atom is 0.124 e. The van der Waals surface area contributed by atoms with Crippen LogP contribution in [0.15, 0.2) is 24.3 Å². The molecule has 19 heavy (non-hydrogen) atoms. The Bertz CT molecular complexity index is 527. The Kier molecular flexibility index (Phi) is 4.87. The average Bonchev–Trinajstić information content (AvgIpc) is 2.85. The van der Waals surface area contributed by atoms with E-state index in [1.165, 1.54) is 11.5 Å². The number of aryl methyl sites for hydroxylation is 1. The molecule has 102 valence electrons. The highest BCUT2D eigenvalue weighted by Gasteiger charge is 2.20. The van der Waals surface area contributed by atoms with E-state index in [0.29, 0.717) is 0 Å². The second-order valence-electron chi connectivity index (χ2n) is 4.33. The number of rotatable bonds is 6. The molecule has 1 N–H and O–H groups in total. The Morgan fingerprint density at radius 1 is 1.37 bits per heavy atom. The van der Waals surface area contributed by atoms with Crippen LogP contribution in [0.1, 0.15) is 35.5 Å². The lowest BCUT2D eigenvalue weighted by Crippen LogP contribution is -2.18. The monoisotopic (exact) mass is 277 g/mol. The predicted octanol–water partition coefficient (Wildman–Crippen LogP) is 2.94. The molecule has 0 fully saturated rings. The minimum absolute atomic E-state index is 0.0769. The van der Waals surface area contributed by atoms with Gasteiger partial charge in [0.05, 0.1) is 23.2 Å². The lowest BCUT2D eigenvalue weighted by atomic mass is 10.0. The quantitative estimate of drug-likeness (QED) is 0.882. The lowest BCUT2D eigenvalue weighted by molar-refractivity contribution is 0.312. The molecule has 0 aliphatic rings. The van der Waals surface area contributed by atoms with Crippen molar-refractivity contribution in [3.05, 3.63) is 40.4 Å². The Morgan fingerprint density at radius 3 is 2.79 bits per heavy atom. The molecule has 2 rings (SSSR count). The van der Waals surface area contributed by atoms with Crippen LogP contribution in [0.2, 0.25) is 0 Å². The Labute approximate surface area is 118 Å². The fourth-order valence-electron chi connectivity index (χ4n) is 1.99. The fourth-order valence-corrected chi connectivity index (χ4v) is 2.77. The van der Waals surface area contributed by atoms with Gasteiger partial charge in [0, 0.05) is 5.56 Å². The average molecular weight is 277 g/mol. The molecule has 0 aliphatic carbocycles. The zero-order chi connectivity index (χ0) is 13.7. The highest BCUT2D eigenvalue weighted by molar-refractivity contribution is 7.05. The molecule has 1 aromatic heterocycles. The van der Waals surface area contributed by atoms with Crippen molar-refractivity contribution >= 4 is 11.5 Å². The van der Waals surface area contributed by atoms with Crippen LogP contribution < -0.4 is 10.1 Å². The van der Waals surface area contributed by atoms with E-state index >= 15 is 0 Å². The molecule has 0 aliphatic heterocycles. The highest BCUT2D eigenvalue weighted by atomic mass is 32.1. The van der Waals surface area contributed by atoms with Crippen LogP contribution in [-0.2, 0) is 0 Å². The van der Waals surface area contributed by atoms with Crippen LogP contribution >= 0.6 is 11.5 Å². The molecule has 4 nitrogen and oxygen atoms in total. The number of aromatic nitrogens is 2. The number of nitrogens with one attached hydrogen (secondary N) is 1. The van der Waals surface area contributed by atoms with Crippen LogP contribution in [0.5, 0.6) is 5.75 Å². The summed E-state index contributed by atoms with van der Waals surface area (Å²) in [5.74, 6) is 0.927. The molecule has 0 spiro atoms. The van der Waals surface area contributed by atoms with E-state index in [1.807, 2.05) is 32.2 Å². The van der Waals surface area contributed by atoms with E-state index in [2.05, 4.69) is 27.9 Å². The van der Waals surface area contributed by atoms with Gasteiger partial charge >= 0.3 is 0 Å². The first-order chi connectivity index (χ1) is 9.27. The first kappa shape index (κ1) is 14.0. The smallest absolute Gasteiger partial charge is 0.124 e. The van der Waals surface area contributed by atoms with Gasteiger partial charge in [0.15, 0.2) is 0 Å². The van der Waals surface area contributed by atoms with Crippen LogP contribution in [0.25, 0.3) is 0 Å². The Morgan fingerprint density at radius 2 is 2.16 bits per heavy atom. The van der Waals surface area contributed by atoms with Gasteiger partial charge in [-0.15, -0.1) is 5.10 Å². The Hall–Kier alpha value is -1.46. The third-order valence-electron chi connectivity index (χ3n) is 2.93. The van der Waals surface area contributed by atoms with Gasteiger partial charge in [-0.25, -0.2) is 0 Å². The third kappa shape index (κ3) is 3.11. The summed E-state index contributed by atoms with van der Waals surface area (Å²) in [6.07, 6.45) is 1.000. The normalized spacial score (nSPS) is 12.4. The van der Waals surface area contributed by atoms with Crippen molar-refractivity contribution in [3.8, 4) is 5.75 Å². The Balaban J connectivity index is 2.35. The summed E-state index contributed by atoms with van der Waals surface area (Å²) in [4.78, 5) is 1.13. The first-order valence-electron chi connectivity index (χ1n) is 6.45. The summed E-state index contributed by atoms with van der Waals surface area (Å²) in [5, 5.41) is 7.42.